The number of aryl methyl sites for hydroxylation is 3. The molecule has 16 nitrogen and oxygen atoms in total. The molecule has 1 unspecified atom stereocenters. The van der Waals surface area contributed by atoms with Gasteiger partial charge in [-0.3, -0.25) is 34.2 Å². The van der Waals surface area contributed by atoms with Gasteiger partial charge in [-0.15, -0.1) is 0 Å². The summed E-state index contributed by atoms with van der Waals surface area (Å²) in [6.45, 7) is 6.48. The van der Waals surface area contributed by atoms with Crippen molar-refractivity contribution >= 4 is 69.4 Å². The maximum Gasteiger partial charge on any atom is 0.262 e. The van der Waals surface area contributed by atoms with E-state index in [4.69, 9.17) is 9.72 Å². The zero-order valence-corrected chi connectivity index (χ0v) is 33.1. The molecule has 5 aromatic rings. The van der Waals surface area contributed by atoms with Crippen molar-refractivity contribution in [2.24, 2.45) is 7.05 Å². The summed E-state index contributed by atoms with van der Waals surface area (Å²) < 4.78 is 7.88. The summed E-state index contributed by atoms with van der Waals surface area (Å²) in [6.07, 6.45) is 3.97. The fourth-order valence-electron chi connectivity index (χ4n) is 8.51. The number of nitrogens with one attached hydrogen (secondary N) is 3. The molecule has 9 rings (SSSR count). The van der Waals surface area contributed by atoms with E-state index in [0.717, 1.165) is 50.5 Å². The number of benzene rings is 3. The Morgan fingerprint density at radius 3 is 2.44 bits per heavy atom. The van der Waals surface area contributed by atoms with Crippen LogP contribution in [0.2, 0.25) is 0 Å². The largest absolute Gasteiger partial charge is 0.371 e. The molecule has 302 valence electrons. The minimum Gasteiger partial charge on any atom is -0.371 e. The van der Waals surface area contributed by atoms with Gasteiger partial charge in [0.05, 0.1) is 22.6 Å². The molecule has 4 aliphatic heterocycles. The van der Waals surface area contributed by atoms with Gasteiger partial charge in [0.25, 0.3) is 11.8 Å². The Hall–Kier alpha value is -6.68. The third-order valence-electron chi connectivity index (χ3n) is 11.8. The highest BCUT2D eigenvalue weighted by Gasteiger charge is 2.45. The Labute approximate surface area is 339 Å². The maximum atomic E-state index is 13.4. The van der Waals surface area contributed by atoms with Crippen LogP contribution >= 0.6 is 0 Å². The van der Waals surface area contributed by atoms with Crippen LogP contribution in [0.1, 0.15) is 68.7 Å². The lowest BCUT2D eigenvalue weighted by molar-refractivity contribution is -0.139. The second-order valence-corrected chi connectivity index (χ2v) is 15.6. The van der Waals surface area contributed by atoms with E-state index >= 15 is 0 Å². The van der Waals surface area contributed by atoms with Gasteiger partial charge in [0, 0.05) is 62.9 Å². The molecule has 0 radical (unpaired) electrons. The number of piperidine rings is 2. The third kappa shape index (κ3) is 7.24. The van der Waals surface area contributed by atoms with Crippen molar-refractivity contribution in [1.82, 2.24) is 34.9 Å². The first kappa shape index (κ1) is 37.9. The number of nitrogens with zero attached hydrogens (tertiary/aromatic N) is 7. The summed E-state index contributed by atoms with van der Waals surface area (Å²) in [4.78, 5) is 78.2. The molecule has 6 heterocycles. The lowest BCUT2D eigenvalue weighted by Gasteiger charge is -2.34. The number of carbonyl (C=O) groups is 5. The highest BCUT2D eigenvalue weighted by molar-refractivity contribution is 6.23. The van der Waals surface area contributed by atoms with E-state index in [9.17, 15) is 24.0 Å². The summed E-state index contributed by atoms with van der Waals surface area (Å²) in [6, 6.07) is 16.4. The van der Waals surface area contributed by atoms with Gasteiger partial charge in [-0.25, -0.2) is 9.67 Å². The molecule has 0 spiro atoms. The average molecular weight is 797 g/mol. The Morgan fingerprint density at radius 2 is 1.66 bits per heavy atom. The van der Waals surface area contributed by atoms with Crippen LogP contribution in [0.25, 0.3) is 11.0 Å². The Bertz CT molecular complexity index is 2540. The van der Waals surface area contributed by atoms with Crippen molar-refractivity contribution in [3.8, 4) is 0 Å². The monoisotopic (exact) mass is 796 g/mol. The lowest BCUT2D eigenvalue weighted by Crippen LogP contribution is -2.54. The predicted octanol–water partition coefficient (Wildman–Crippen LogP) is 4.44. The molecule has 5 amide bonds. The molecule has 3 aromatic carbocycles. The molecular weight excluding hydrogens is 753 g/mol. The molecule has 59 heavy (non-hydrogen) atoms. The van der Waals surface area contributed by atoms with Gasteiger partial charge >= 0.3 is 0 Å². The molecule has 0 saturated carbocycles. The number of carbonyl (C=O) groups excluding carboxylic acids is 5. The van der Waals surface area contributed by atoms with Gasteiger partial charge in [-0.2, -0.15) is 10.1 Å². The number of para-hydroxylation sites is 1. The lowest BCUT2D eigenvalue weighted by atomic mass is 9.99. The number of rotatable bonds is 9. The number of ether oxygens (including phenoxy) is 1. The van der Waals surface area contributed by atoms with Crippen LogP contribution in [0, 0.1) is 13.8 Å². The van der Waals surface area contributed by atoms with Crippen LogP contribution < -0.4 is 20.9 Å². The van der Waals surface area contributed by atoms with E-state index in [0.29, 0.717) is 56.4 Å². The number of anilines is 5. The van der Waals surface area contributed by atoms with Crippen LogP contribution in [0.3, 0.4) is 0 Å². The minimum atomic E-state index is -1.00. The first-order valence-electron chi connectivity index (χ1n) is 19.9. The zero-order valence-electron chi connectivity index (χ0n) is 33.1. The Balaban J connectivity index is 0.778. The highest BCUT2D eigenvalue weighted by atomic mass is 16.5. The van der Waals surface area contributed by atoms with Crippen LogP contribution in [-0.2, 0) is 39.1 Å². The number of aromatic nitrogens is 4. The van der Waals surface area contributed by atoms with E-state index < -0.39 is 29.7 Å². The average Bonchev–Trinajstić information content (AvgIpc) is 3.68. The number of imide groups is 2. The Morgan fingerprint density at radius 1 is 0.881 bits per heavy atom. The highest BCUT2D eigenvalue weighted by Crippen LogP contribution is 2.33. The van der Waals surface area contributed by atoms with Crippen LogP contribution in [-0.4, -0.2) is 97.5 Å². The summed E-state index contributed by atoms with van der Waals surface area (Å²) in [5.41, 5.74) is 8.32. The van der Waals surface area contributed by atoms with Crippen molar-refractivity contribution in [3.63, 3.8) is 0 Å². The minimum absolute atomic E-state index is 0.0115. The molecule has 2 aromatic heterocycles. The molecule has 0 aliphatic carbocycles. The summed E-state index contributed by atoms with van der Waals surface area (Å²) in [7, 11) is 1.86. The topological polar surface area (TPSA) is 184 Å². The summed E-state index contributed by atoms with van der Waals surface area (Å²) >= 11 is 0. The predicted molar refractivity (Wildman–Crippen MR) is 219 cm³/mol. The second kappa shape index (κ2) is 15.2. The first-order valence-corrected chi connectivity index (χ1v) is 19.9. The summed E-state index contributed by atoms with van der Waals surface area (Å²) in [5.74, 6) is -1.03. The zero-order chi connectivity index (χ0) is 40.9. The van der Waals surface area contributed by atoms with Crippen molar-refractivity contribution < 1.29 is 28.7 Å². The van der Waals surface area contributed by atoms with E-state index in [-0.39, 0.29) is 42.6 Å². The SMILES string of the molecule is Cc1cccc(C)c1Nc1nn(C)c2nc(Nc3ccc4c(c3)CN(C(=O)COC3CCN(c5ccc6c(c5)C(=O)N(C5CCC(=O)NC5=O)C6=O)CC3)CC4)ncc12. The van der Waals surface area contributed by atoms with Crippen molar-refractivity contribution in [2.45, 2.75) is 64.6 Å². The van der Waals surface area contributed by atoms with E-state index in [1.807, 2.05) is 36.2 Å². The van der Waals surface area contributed by atoms with E-state index in [1.54, 1.807) is 23.0 Å². The molecule has 1 atom stereocenters. The van der Waals surface area contributed by atoms with Gasteiger partial charge in [-0.1, -0.05) is 24.3 Å². The van der Waals surface area contributed by atoms with Gasteiger partial charge in [-0.05, 0) is 92.1 Å². The number of hydrogen-bond acceptors (Lipinski definition) is 12. The van der Waals surface area contributed by atoms with E-state index in [2.05, 4.69) is 63.0 Å². The van der Waals surface area contributed by atoms with Crippen LogP contribution in [0.4, 0.5) is 28.8 Å². The fraction of sp³-hybridized carbons (Fsp3) is 0.349. The molecular formula is C43H44N10O6. The first-order chi connectivity index (χ1) is 28.5. The molecule has 16 heteroatoms. The normalized spacial score (nSPS) is 18.3. The van der Waals surface area contributed by atoms with Gasteiger partial charge in [0.2, 0.25) is 23.7 Å². The molecule has 4 aliphatic rings. The van der Waals surface area contributed by atoms with E-state index in [1.165, 1.54) is 5.56 Å². The molecule has 0 bridgehead atoms. The van der Waals surface area contributed by atoms with Crippen molar-refractivity contribution in [3.05, 3.63) is 94.2 Å². The van der Waals surface area contributed by atoms with Crippen LogP contribution in [0.5, 0.6) is 0 Å². The smallest absolute Gasteiger partial charge is 0.262 e. The Kier molecular flexibility index (Phi) is 9.79. The number of fused-ring (bicyclic) bond motifs is 3. The molecule has 3 N–H and O–H groups in total. The third-order valence-corrected chi connectivity index (χ3v) is 11.8. The van der Waals surface area contributed by atoms with Gasteiger partial charge in [0.1, 0.15) is 12.6 Å². The summed E-state index contributed by atoms with van der Waals surface area (Å²) in [5, 5.41) is 14.5. The van der Waals surface area contributed by atoms with Crippen molar-refractivity contribution in [1.29, 1.82) is 0 Å². The number of hydrogen-bond donors (Lipinski definition) is 3. The standard InChI is InChI=1S/C43H44N10O6/c1-24-5-4-6-25(2)37(24)47-38-33-21-44-43(48-39(33)50(3)49-38)45-28-8-7-26-13-16-52(22-27(26)19-28)36(55)23-59-30-14-17-51(18-15-30)29-9-10-31-32(20-29)42(58)53(41(31)57)34-11-12-35(54)46-40(34)56/h4-10,19-21,30,34H,11-18,22-23H2,1-3H3,(H,47,49)(H,44,45,48)(H,46,54,56). The fourth-order valence-corrected chi connectivity index (χ4v) is 8.51. The molecule has 2 fully saturated rings. The number of amides is 5. The second-order valence-electron chi connectivity index (χ2n) is 15.6. The van der Waals surface area contributed by atoms with Gasteiger partial charge < -0.3 is 25.2 Å². The van der Waals surface area contributed by atoms with Gasteiger partial charge in [0.15, 0.2) is 11.5 Å². The van der Waals surface area contributed by atoms with Crippen molar-refractivity contribution in [2.75, 3.05) is 41.8 Å². The quantitative estimate of drug-likeness (QED) is 0.179. The maximum absolute atomic E-state index is 13.4. The molecule has 2 saturated heterocycles. The van der Waals surface area contributed by atoms with Crippen LogP contribution in [0.15, 0.2) is 60.8 Å².